The van der Waals surface area contributed by atoms with Crippen molar-refractivity contribution in [3.63, 3.8) is 0 Å². The fraction of sp³-hybridized carbons (Fsp3) is 0.367. The van der Waals surface area contributed by atoms with Crippen LogP contribution in [0.2, 0.25) is 0 Å². The molecule has 0 saturated carbocycles. The van der Waals surface area contributed by atoms with Crippen molar-refractivity contribution in [1.82, 2.24) is 29.8 Å². The van der Waals surface area contributed by atoms with E-state index in [1.165, 1.54) is 11.4 Å². The molecule has 214 valence electrons. The number of anilines is 1. The van der Waals surface area contributed by atoms with Gasteiger partial charge in [0.05, 0.1) is 41.9 Å². The van der Waals surface area contributed by atoms with Crippen LogP contribution in [0.4, 0.5) is 10.6 Å². The smallest absolute Gasteiger partial charge is 0.317 e. The number of rotatable bonds is 8. The first-order chi connectivity index (χ1) is 19.8. The van der Waals surface area contributed by atoms with Crippen molar-refractivity contribution in [3.05, 3.63) is 66.1 Å². The summed E-state index contributed by atoms with van der Waals surface area (Å²) in [5.74, 6) is -0.0637. The Kier molecular flexibility index (Phi) is 8.00. The maximum atomic E-state index is 12.9. The molecule has 0 radical (unpaired) electrons. The predicted octanol–water partition coefficient (Wildman–Crippen LogP) is 3.27. The molecule has 5 rings (SSSR count). The molecule has 2 amide bonds. The van der Waals surface area contributed by atoms with E-state index in [9.17, 15) is 19.8 Å². The second-order valence-electron chi connectivity index (χ2n) is 10.5. The SMILES string of the molecule is CCC(CO)(CO)NC(=O)N1CCC(c2nc3c(-c4ccc(-c5ccccc5)nc4)cnn3c(N)c2C(C)=O)CC1. The zero-order chi connectivity index (χ0) is 29.1. The van der Waals surface area contributed by atoms with E-state index in [4.69, 9.17) is 10.7 Å². The molecule has 3 aromatic heterocycles. The van der Waals surface area contributed by atoms with Gasteiger partial charge in [0.2, 0.25) is 0 Å². The molecule has 1 aliphatic rings. The van der Waals surface area contributed by atoms with E-state index in [2.05, 4.69) is 15.4 Å². The minimum absolute atomic E-state index is 0.0989. The van der Waals surface area contributed by atoms with E-state index in [-0.39, 0.29) is 36.8 Å². The molecule has 4 heterocycles. The number of benzene rings is 1. The van der Waals surface area contributed by atoms with E-state index in [0.29, 0.717) is 49.3 Å². The number of hydrogen-bond donors (Lipinski definition) is 4. The van der Waals surface area contributed by atoms with E-state index in [0.717, 1.165) is 22.4 Å². The number of aliphatic hydroxyl groups excluding tert-OH is 2. The van der Waals surface area contributed by atoms with E-state index >= 15 is 0 Å². The van der Waals surface area contributed by atoms with Crippen molar-refractivity contribution in [1.29, 1.82) is 0 Å². The molecular formula is C30H35N7O4. The second-order valence-corrected chi connectivity index (χ2v) is 10.5. The van der Waals surface area contributed by atoms with Gasteiger partial charge in [-0.25, -0.2) is 9.78 Å². The highest BCUT2D eigenvalue weighted by atomic mass is 16.3. The van der Waals surface area contributed by atoms with Gasteiger partial charge >= 0.3 is 6.03 Å². The number of aromatic nitrogens is 4. The van der Waals surface area contributed by atoms with E-state index in [1.54, 1.807) is 24.2 Å². The molecule has 11 nitrogen and oxygen atoms in total. The number of nitrogens with two attached hydrogens (primary N) is 1. The Bertz CT molecular complexity index is 1530. The van der Waals surface area contributed by atoms with Crippen LogP contribution < -0.4 is 11.1 Å². The summed E-state index contributed by atoms with van der Waals surface area (Å²) < 4.78 is 1.50. The summed E-state index contributed by atoms with van der Waals surface area (Å²) in [6.45, 7) is 3.41. The summed E-state index contributed by atoms with van der Waals surface area (Å²) in [4.78, 5) is 36.9. The monoisotopic (exact) mass is 557 g/mol. The summed E-state index contributed by atoms with van der Waals surface area (Å²) in [6, 6.07) is 13.5. The molecule has 0 aliphatic carbocycles. The van der Waals surface area contributed by atoms with E-state index in [1.807, 2.05) is 42.5 Å². The number of aliphatic hydroxyl groups is 2. The van der Waals surface area contributed by atoms with Gasteiger partial charge in [-0.15, -0.1) is 0 Å². The van der Waals surface area contributed by atoms with Crippen LogP contribution in [0.1, 0.15) is 55.1 Å². The summed E-state index contributed by atoms with van der Waals surface area (Å²) in [5.41, 5.74) is 10.4. The Balaban J connectivity index is 1.43. The Morgan fingerprint density at radius 1 is 1.05 bits per heavy atom. The normalized spacial score (nSPS) is 14.4. The number of hydrogen-bond acceptors (Lipinski definition) is 8. The Morgan fingerprint density at radius 3 is 2.34 bits per heavy atom. The first kappa shape index (κ1) is 28.2. The summed E-state index contributed by atoms with van der Waals surface area (Å²) in [5, 5.41) is 26.6. The lowest BCUT2D eigenvalue weighted by Crippen LogP contribution is -2.58. The Labute approximate surface area is 238 Å². The molecule has 1 saturated heterocycles. The van der Waals surface area contributed by atoms with Gasteiger partial charge in [-0.3, -0.25) is 9.78 Å². The van der Waals surface area contributed by atoms with Crippen molar-refractivity contribution < 1.29 is 19.8 Å². The number of nitrogens with zero attached hydrogens (tertiary/aromatic N) is 5. The fourth-order valence-electron chi connectivity index (χ4n) is 5.33. The van der Waals surface area contributed by atoms with Crippen molar-refractivity contribution in [2.75, 3.05) is 32.0 Å². The third-order valence-corrected chi connectivity index (χ3v) is 8.03. The topological polar surface area (TPSA) is 159 Å². The van der Waals surface area contributed by atoms with Gasteiger partial charge in [0.25, 0.3) is 0 Å². The first-order valence-corrected chi connectivity index (χ1v) is 13.8. The van der Waals surface area contributed by atoms with Crippen molar-refractivity contribution >= 4 is 23.3 Å². The van der Waals surface area contributed by atoms with Crippen molar-refractivity contribution in [2.45, 2.75) is 44.6 Å². The molecule has 1 aromatic carbocycles. The van der Waals surface area contributed by atoms with Crippen molar-refractivity contribution in [2.24, 2.45) is 0 Å². The Morgan fingerprint density at radius 2 is 1.76 bits per heavy atom. The highest BCUT2D eigenvalue weighted by Crippen LogP contribution is 2.35. The maximum absolute atomic E-state index is 12.9. The number of carbonyl (C=O) groups excluding carboxylic acids is 2. The number of amides is 2. The number of fused-ring (bicyclic) bond motifs is 1. The molecule has 0 atom stereocenters. The minimum Gasteiger partial charge on any atom is -0.394 e. The van der Waals surface area contributed by atoms with Crippen LogP contribution in [-0.4, -0.2) is 78.4 Å². The third-order valence-electron chi connectivity index (χ3n) is 8.03. The largest absolute Gasteiger partial charge is 0.394 e. The van der Waals surface area contributed by atoms with Crippen LogP contribution in [0.15, 0.2) is 54.9 Å². The first-order valence-electron chi connectivity index (χ1n) is 13.8. The van der Waals surface area contributed by atoms with Gasteiger partial charge < -0.3 is 26.2 Å². The standard InChI is InChI=1S/C30H35N7O4/c1-3-30(17-38,18-39)35-29(41)36-13-11-21(12-14-36)26-25(19(2)40)27(31)37-28(34-26)23(16-33-37)22-9-10-24(32-15-22)20-7-5-4-6-8-20/h4-10,15-16,21,38-39H,3,11-14,17-18,31H2,1-2H3,(H,35,41). The van der Waals surface area contributed by atoms with Gasteiger partial charge in [0, 0.05) is 41.9 Å². The van der Waals surface area contributed by atoms with Crippen LogP contribution in [0.25, 0.3) is 28.0 Å². The molecule has 0 spiro atoms. The molecule has 1 fully saturated rings. The number of nitrogen functional groups attached to an aromatic ring is 1. The number of urea groups is 1. The average molecular weight is 558 g/mol. The highest BCUT2D eigenvalue weighted by molar-refractivity contribution is 6.00. The number of nitrogens with one attached hydrogen (secondary N) is 1. The maximum Gasteiger partial charge on any atom is 0.317 e. The van der Waals surface area contributed by atoms with Gasteiger partial charge in [-0.05, 0) is 32.3 Å². The zero-order valence-electron chi connectivity index (χ0n) is 23.2. The van der Waals surface area contributed by atoms with Crippen LogP contribution >= 0.6 is 0 Å². The second kappa shape index (κ2) is 11.6. The number of ketones is 1. The molecule has 1 aliphatic heterocycles. The lowest BCUT2D eigenvalue weighted by atomic mass is 9.89. The molecular weight excluding hydrogens is 522 g/mol. The summed E-state index contributed by atoms with van der Waals surface area (Å²) in [6.07, 6.45) is 5.00. The van der Waals surface area contributed by atoms with Gasteiger partial charge in [0.15, 0.2) is 11.4 Å². The number of likely N-dealkylation sites (tertiary alicyclic amines) is 1. The predicted molar refractivity (Wildman–Crippen MR) is 155 cm³/mol. The number of pyridine rings is 1. The third kappa shape index (κ3) is 5.38. The number of piperidine rings is 1. The highest BCUT2D eigenvalue weighted by Gasteiger charge is 2.34. The fourth-order valence-corrected chi connectivity index (χ4v) is 5.33. The molecule has 0 bridgehead atoms. The summed E-state index contributed by atoms with van der Waals surface area (Å²) in [7, 11) is 0. The van der Waals surface area contributed by atoms with Gasteiger partial charge in [0.1, 0.15) is 5.82 Å². The van der Waals surface area contributed by atoms with E-state index < -0.39 is 5.54 Å². The minimum atomic E-state index is -1.07. The van der Waals surface area contributed by atoms with Gasteiger partial charge in [-0.1, -0.05) is 43.3 Å². The molecule has 4 aromatic rings. The quantitative estimate of drug-likeness (QED) is 0.240. The average Bonchev–Trinajstić information content (AvgIpc) is 3.44. The zero-order valence-corrected chi connectivity index (χ0v) is 23.2. The lowest BCUT2D eigenvalue weighted by Gasteiger charge is -2.36. The van der Waals surface area contributed by atoms with Crippen LogP contribution in [-0.2, 0) is 0 Å². The van der Waals surface area contributed by atoms with Gasteiger partial charge in [-0.2, -0.15) is 9.61 Å². The van der Waals surface area contributed by atoms with Crippen LogP contribution in [0, 0.1) is 0 Å². The summed E-state index contributed by atoms with van der Waals surface area (Å²) >= 11 is 0. The molecule has 11 heteroatoms. The molecule has 41 heavy (non-hydrogen) atoms. The van der Waals surface area contributed by atoms with Crippen LogP contribution in [0.3, 0.4) is 0 Å². The number of Topliss-reactive ketones (excluding diaryl/α,β-unsaturated/α-hetero) is 1. The number of carbonyl (C=O) groups is 2. The molecule has 5 N–H and O–H groups in total. The van der Waals surface area contributed by atoms with Crippen LogP contribution in [0.5, 0.6) is 0 Å². The molecule has 0 unspecified atom stereocenters. The Hall–Kier alpha value is -4.35. The lowest BCUT2D eigenvalue weighted by molar-refractivity contribution is 0.0841. The van der Waals surface area contributed by atoms with Crippen molar-refractivity contribution in [3.8, 4) is 22.4 Å².